The Morgan fingerprint density at radius 3 is 2.71 bits per heavy atom. The number of carbonyl (C=O) groups is 3. The number of nitrogens with zero attached hydrogens (tertiary/aromatic N) is 2. The van der Waals surface area contributed by atoms with Crippen LogP contribution in [0.3, 0.4) is 0 Å². The molecule has 2 aliphatic heterocycles. The van der Waals surface area contributed by atoms with Crippen LogP contribution in [0.25, 0.3) is 0 Å². The van der Waals surface area contributed by atoms with Crippen molar-refractivity contribution in [2.24, 2.45) is 0 Å². The van der Waals surface area contributed by atoms with E-state index >= 15 is 0 Å². The molecule has 1 fully saturated rings. The number of anilines is 1. The summed E-state index contributed by atoms with van der Waals surface area (Å²) in [6, 6.07) is 4.58. The molecule has 0 aromatic heterocycles. The lowest BCUT2D eigenvalue weighted by molar-refractivity contribution is -0.134. The van der Waals surface area contributed by atoms with Crippen LogP contribution < -0.4 is 20.7 Å². The van der Waals surface area contributed by atoms with Gasteiger partial charge in [0, 0.05) is 25.8 Å². The minimum absolute atomic E-state index is 0.0169. The molecule has 3 rings (SSSR count). The van der Waals surface area contributed by atoms with Crippen LogP contribution in [0.4, 0.5) is 10.5 Å². The highest BCUT2D eigenvalue weighted by atomic mass is 16.5. The molecule has 1 aromatic carbocycles. The molecule has 35 heavy (non-hydrogen) atoms. The lowest BCUT2D eigenvalue weighted by Crippen LogP contribution is -2.54. The highest BCUT2D eigenvalue weighted by Crippen LogP contribution is 2.32. The van der Waals surface area contributed by atoms with Gasteiger partial charge in [-0.1, -0.05) is 6.92 Å². The summed E-state index contributed by atoms with van der Waals surface area (Å²) in [5, 5.41) is 8.48. The average molecular weight is 490 g/mol. The second-order valence-corrected chi connectivity index (χ2v) is 9.47. The van der Waals surface area contributed by atoms with Crippen LogP contribution in [0.1, 0.15) is 49.4 Å². The molecule has 0 bridgehead atoms. The van der Waals surface area contributed by atoms with Gasteiger partial charge in [0.25, 0.3) is 5.91 Å². The number of hydrogen-bond acceptors (Lipinski definition) is 6. The molecule has 1 aromatic rings. The number of likely N-dealkylation sites (N-methyl/N-ethyl adjacent to an activating group) is 1. The van der Waals surface area contributed by atoms with E-state index in [1.54, 1.807) is 30.1 Å². The lowest BCUT2D eigenvalue weighted by Gasteiger charge is -2.42. The Morgan fingerprint density at radius 1 is 1.17 bits per heavy atom. The largest absolute Gasteiger partial charge is 0.490 e. The van der Waals surface area contributed by atoms with Gasteiger partial charge in [-0.2, -0.15) is 0 Å². The standard InChI is InChI=1S/C25H39N5O5/c1-5-11-27-25(33)28-17-7-10-21-19(14-17)24(32)30(4)20-9-8-18(35-22(20)16-34-21)15-23(31)26-12-6-13-29(2)3/h7,10,14,18,20,22H,5-6,8-9,11-13,15-16H2,1-4H3,(H,26,31)(H2,27,28,33)/t18-,20+,22-/m1/s1. The van der Waals surface area contributed by atoms with Crippen LogP contribution in [-0.2, 0) is 9.53 Å². The van der Waals surface area contributed by atoms with Crippen molar-refractivity contribution in [3.05, 3.63) is 23.8 Å². The molecule has 0 saturated carbocycles. The maximum atomic E-state index is 13.3. The Morgan fingerprint density at radius 2 is 1.97 bits per heavy atom. The Hall–Kier alpha value is -2.85. The van der Waals surface area contributed by atoms with Gasteiger partial charge in [0.05, 0.1) is 24.1 Å². The van der Waals surface area contributed by atoms with Crippen molar-refractivity contribution in [3.63, 3.8) is 0 Å². The van der Waals surface area contributed by atoms with E-state index in [2.05, 4.69) is 20.9 Å². The predicted octanol–water partition coefficient (Wildman–Crippen LogP) is 2.06. The van der Waals surface area contributed by atoms with E-state index in [1.807, 2.05) is 21.0 Å². The summed E-state index contributed by atoms with van der Waals surface area (Å²) in [6.07, 6.45) is 2.92. The Bertz CT molecular complexity index is 893. The van der Waals surface area contributed by atoms with E-state index in [0.29, 0.717) is 42.9 Å². The molecule has 10 heteroatoms. The number of nitrogens with one attached hydrogen (secondary N) is 3. The van der Waals surface area contributed by atoms with Crippen molar-refractivity contribution < 1.29 is 23.9 Å². The van der Waals surface area contributed by atoms with Crippen molar-refractivity contribution in [1.29, 1.82) is 0 Å². The minimum Gasteiger partial charge on any atom is -0.490 e. The van der Waals surface area contributed by atoms with Gasteiger partial charge < -0.3 is 35.2 Å². The van der Waals surface area contributed by atoms with E-state index in [0.717, 1.165) is 25.8 Å². The predicted molar refractivity (Wildman–Crippen MR) is 134 cm³/mol. The Kier molecular flexibility index (Phi) is 9.73. The number of carbonyl (C=O) groups excluding carboxylic acids is 3. The maximum Gasteiger partial charge on any atom is 0.319 e. The van der Waals surface area contributed by atoms with Crippen molar-refractivity contribution in [1.82, 2.24) is 20.4 Å². The highest BCUT2D eigenvalue weighted by molar-refractivity contribution is 5.99. The number of urea groups is 1. The summed E-state index contributed by atoms with van der Waals surface area (Å²) in [4.78, 5) is 41.4. The zero-order valence-corrected chi connectivity index (χ0v) is 21.3. The molecule has 1 saturated heterocycles. The van der Waals surface area contributed by atoms with Gasteiger partial charge in [0.1, 0.15) is 18.5 Å². The van der Waals surface area contributed by atoms with Crippen LogP contribution in [0, 0.1) is 0 Å². The van der Waals surface area contributed by atoms with Gasteiger partial charge in [-0.25, -0.2) is 4.79 Å². The summed E-state index contributed by atoms with van der Waals surface area (Å²) < 4.78 is 12.2. The molecule has 194 valence electrons. The van der Waals surface area contributed by atoms with Crippen molar-refractivity contribution in [3.8, 4) is 5.75 Å². The molecule has 4 amide bonds. The van der Waals surface area contributed by atoms with E-state index in [-0.39, 0.29) is 42.7 Å². The third-order valence-corrected chi connectivity index (χ3v) is 6.32. The molecule has 2 aliphatic rings. The topological polar surface area (TPSA) is 112 Å². The number of rotatable bonds is 9. The van der Waals surface area contributed by atoms with Gasteiger partial charge in [-0.15, -0.1) is 0 Å². The fourth-order valence-corrected chi connectivity index (χ4v) is 4.42. The summed E-state index contributed by atoms with van der Waals surface area (Å²) in [5.41, 5.74) is 0.926. The van der Waals surface area contributed by atoms with Crippen LogP contribution in [0.2, 0.25) is 0 Å². The smallest absolute Gasteiger partial charge is 0.319 e. The Labute approximate surface area is 207 Å². The summed E-state index contributed by atoms with van der Waals surface area (Å²) >= 11 is 0. The molecule has 2 heterocycles. The summed E-state index contributed by atoms with van der Waals surface area (Å²) in [6.45, 7) is 4.39. The first-order chi connectivity index (χ1) is 16.8. The number of hydrogen-bond donors (Lipinski definition) is 3. The number of fused-ring (bicyclic) bond motifs is 2. The van der Waals surface area contributed by atoms with Crippen LogP contribution >= 0.6 is 0 Å². The van der Waals surface area contributed by atoms with Gasteiger partial charge in [0.15, 0.2) is 0 Å². The fraction of sp³-hybridized carbons (Fsp3) is 0.640. The number of benzene rings is 1. The molecule has 3 N–H and O–H groups in total. The Balaban J connectivity index is 1.60. The molecule has 0 radical (unpaired) electrons. The van der Waals surface area contributed by atoms with Crippen molar-refractivity contribution >= 4 is 23.5 Å². The van der Waals surface area contributed by atoms with Gasteiger partial charge in [0.2, 0.25) is 5.91 Å². The van der Waals surface area contributed by atoms with E-state index in [9.17, 15) is 14.4 Å². The number of amides is 4. The van der Waals surface area contributed by atoms with Crippen LogP contribution in [0.5, 0.6) is 5.75 Å². The second-order valence-electron chi connectivity index (χ2n) is 9.47. The minimum atomic E-state index is -0.324. The zero-order chi connectivity index (χ0) is 25.4. The molecule has 0 unspecified atom stereocenters. The molecule has 10 nitrogen and oxygen atoms in total. The van der Waals surface area contributed by atoms with Crippen LogP contribution in [0.15, 0.2) is 18.2 Å². The highest BCUT2D eigenvalue weighted by Gasteiger charge is 2.39. The molecular formula is C25H39N5O5. The summed E-state index contributed by atoms with van der Waals surface area (Å²) in [7, 11) is 5.78. The van der Waals surface area contributed by atoms with Crippen molar-refractivity contribution in [2.75, 3.05) is 52.7 Å². The fourth-order valence-electron chi connectivity index (χ4n) is 4.42. The molecule has 0 spiro atoms. The lowest BCUT2D eigenvalue weighted by atomic mass is 9.94. The normalized spacial score (nSPS) is 21.8. The van der Waals surface area contributed by atoms with E-state index in [1.165, 1.54) is 0 Å². The zero-order valence-electron chi connectivity index (χ0n) is 21.3. The molecular weight excluding hydrogens is 450 g/mol. The third-order valence-electron chi connectivity index (χ3n) is 6.32. The van der Waals surface area contributed by atoms with E-state index < -0.39 is 0 Å². The molecule has 0 aliphatic carbocycles. The van der Waals surface area contributed by atoms with Gasteiger partial charge >= 0.3 is 6.03 Å². The second kappa shape index (κ2) is 12.7. The number of ether oxygens (including phenoxy) is 2. The monoisotopic (exact) mass is 489 g/mol. The average Bonchev–Trinajstić information content (AvgIpc) is 2.83. The van der Waals surface area contributed by atoms with Crippen molar-refractivity contribution in [2.45, 2.75) is 57.3 Å². The molecule has 3 atom stereocenters. The van der Waals surface area contributed by atoms with Gasteiger partial charge in [-0.3, -0.25) is 9.59 Å². The quantitative estimate of drug-likeness (QED) is 0.458. The van der Waals surface area contributed by atoms with Crippen LogP contribution in [-0.4, -0.2) is 93.3 Å². The van der Waals surface area contributed by atoms with Gasteiger partial charge in [-0.05, 0) is 64.5 Å². The third kappa shape index (κ3) is 7.57. The SMILES string of the molecule is CCCNC(=O)Nc1ccc2c(c1)C(=O)N(C)[C@H]1CC[C@H](CC(=O)NCCCN(C)C)O[C@@H]1CO2. The van der Waals surface area contributed by atoms with E-state index in [4.69, 9.17) is 9.47 Å². The maximum absolute atomic E-state index is 13.3. The first-order valence-electron chi connectivity index (χ1n) is 12.4. The first-order valence-corrected chi connectivity index (χ1v) is 12.4. The summed E-state index contributed by atoms with van der Waals surface area (Å²) in [5.74, 6) is 0.244. The first kappa shape index (κ1) is 26.7.